The number of benzene rings is 1. The molecular formula is C17H18N4O3S. The number of rotatable bonds is 6. The first-order valence-corrected chi connectivity index (χ1v) is 8.56. The van der Waals surface area contributed by atoms with Crippen molar-refractivity contribution in [3.63, 3.8) is 0 Å². The lowest BCUT2D eigenvalue weighted by atomic mass is 10.2. The molecule has 0 aliphatic heterocycles. The van der Waals surface area contributed by atoms with Crippen LogP contribution in [0.5, 0.6) is 0 Å². The monoisotopic (exact) mass is 358 g/mol. The fourth-order valence-corrected chi connectivity index (χ4v) is 3.29. The van der Waals surface area contributed by atoms with Gasteiger partial charge in [-0.15, -0.1) is 0 Å². The van der Waals surface area contributed by atoms with Crippen molar-refractivity contribution in [2.45, 2.75) is 20.0 Å². The number of fused-ring (bicyclic) bond motifs is 1. The predicted molar refractivity (Wildman–Crippen MR) is 94.4 cm³/mol. The van der Waals surface area contributed by atoms with E-state index in [1.54, 1.807) is 0 Å². The maximum atomic E-state index is 12.2. The van der Waals surface area contributed by atoms with Crippen molar-refractivity contribution in [3.05, 3.63) is 63.0 Å². The molecule has 7 nitrogen and oxygen atoms in total. The molecule has 0 aliphatic carbocycles. The van der Waals surface area contributed by atoms with Crippen molar-refractivity contribution in [2.75, 3.05) is 13.7 Å². The van der Waals surface area contributed by atoms with Gasteiger partial charge in [0.15, 0.2) is 0 Å². The quantitative estimate of drug-likeness (QED) is 0.624. The highest BCUT2D eigenvalue weighted by atomic mass is 32.1. The number of carbonyl (C=O) groups is 1. The van der Waals surface area contributed by atoms with Crippen molar-refractivity contribution in [3.8, 4) is 0 Å². The largest absolute Gasteiger partial charge is 0.468 e. The molecule has 0 fully saturated rings. The number of hydrogen-bond acceptors (Lipinski definition) is 7. The first-order valence-electron chi connectivity index (χ1n) is 7.74. The summed E-state index contributed by atoms with van der Waals surface area (Å²) >= 11 is 1.36. The van der Waals surface area contributed by atoms with Gasteiger partial charge in [0.1, 0.15) is 5.01 Å². The molecule has 0 saturated heterocycles. The zero-order valence-corrected chi connectivity index (χ0v) is 14.8. The van der Waals surface area contributed by atoms with Gasteiger partial charge in [-0.1, -0.05) is 41.7 Å². The Morgan fingerprint density at radius 1 is 1.28 bits per heavy atom. The molecule has 2 aromatic heterocycles. The molecule has 0 N–H and O–H groups in total. The summed E-state index contributed by atoms with van der Waals surface area (Å²) in [5.41, 5.74) is 1.45. The van der Waals surface area contributed by atoms with E-state index in [1.165, 1.54) is 29.0 Å². The minimum atomic E-state index is -0.331. The van der Waals surface area contributed by atoms with E-state index >= 15 is 0 Å². The molecule has 3 aromatic rings. The van der Waals surface area contributed by atoms with E-state index in [9.17, 15) is 9.59 Å². The highest BCUT2D eigenvalue weighted by molar-refractivity contribution is 7.16. The molecule has 0 radical (unpaired) electrons. The Balaban J connectivity index is 1.86. The van der Waals surface area contributed by atoms with E-state index in [0.717, 1.165) is 10.6 Å². The van der Waals surface area contributed by atoms with E-state index in [-0.39, 0.29) is 18.1 Å². The minimum Gasteiger partial charge on any atom is -0.468 e. The summed E-state index contributed by atoms with van der Waals surface area (Å²) in [4.78, 5) is 30.9. The van der Waals surface area contributed by atoms with E-state index in [0.29, 0.717) is 23.7 Å². The number of aromatic nitrogens is 3. The van der Waals surface area contributed by atoms with E-state index in [2.05, 4.69) is 10.1 Å². The van der Waals surface area contributed by atoms with Gasteiger partial charge < -0.3 is 4.74 Å². The van der Waals surface area contributed by atoms with E-state index in [4.69, 9.17) is 4.74 Å². The molecule has 130 valence electrons. The van der Waals surface area contributed by atoms with Crippen LogP contribution in [0.4, 0.5) is 0 Å². The fourth-order valence-electron chi connectivity index (χ4n) is 2.52. The van der Waals surface area contributed by atoms with Crippen LogP contribution < -0.4 is 5.56 Å². The van der Waals surface area contributed by atoms with Gasteiger partial charge in [0, 0.05) is 19.2 Å². The van der Waals surface area contributed by atoms with Gasteiger partial charge in [0.2, 0.25) is 4.96 Å². The second kappa shape index (κ2) is 7.54. The molecule has 0 saturated carbocycles. The van der Waals surface area contributed by atoms with Crippen LogP contribution in [-0.4, -0.2) is 39.1 Å². The molecule has 8 heteroatoms. The van der Waals surface area contributed by atoms with Gasteiger partial charge in [-0.2, -0.15) is 9.61 Å². The van der Waals surface area contributed by atoms with Crippen molar-refractivity contribution in [1.29, 1.82) is 0 Å². The summed E-state index contributed by atoms with van der Waals surface area (Å²) in [6.45, 7) is 2.87. The van der Waals surface area contributed by atoms with Crippen LogP contribution >= 0.6 is 11.3 Å². The molecule has 1 aromatic carbocycles. The van der Waals surface area contributed by atoms with Crippen molar-refractivity contribution < 1.29 is 9.53 Å². The third-order valence-electron chi connectivity index (χ3n) is 3.61. The molecule has 0 spiro atoms. The Hall–Kier alpha value is -2.58. The van der Waals surface area contributed by atoms with Gasteiger partial charge >= 0.3 is 5.97 Å². The highest BCUT2D eigenvalue weighted by Gasteiger charge is 2.15. The smallest absolute Gasteiger partial charge is 0.319 e. The Labute approximate surface area is 148 Å². The summed E-state index contributed by atoms with van der Waals surface area (Å²) in [5.74, 6) is -0.331. The van der Waals surface area contributed by atoms with Crippen LogP contribution in [0, 0.1) is 6.92 Å². The third kappa shape index (κ3) is 4.28. The molecule has 2 heterocycles. The third-order valence-corrected chi connectivity index (χ3v) is 4.44. The number of hydrogen-bond donors (Lipinski definition) is 0. The molecule has 0 aliphatic rings. The molecule has 3 rings (SSSR count). The Kier molecular flexibility index (Phi) is 5.20. The SMILES string of the molecule is COC(=O)CN(Cc1ccccc1)Cc1cc(=O)n2nc(C)sc2n1. The van der Waals surface area contributed by atoms with Gasteiger partial charge in [-0.05, 0) is 12.5 Å². The predicted octanol–water partition coefficient (Wildman–Crippen LogP) is 1.63. The van der Waals surface area contributed by atoms with Crippen LogP contribution in [0.25, 0.3) is 4.96 Å². The maximum absolute atomic E-state index is 12.2. The van der Waals surface area contributed by atoms with E-state index in [1.807, 2.05) is 42.2 Å². The van der Waals surface area contributed by atoms with Crippen LogP contribution in [0.3, 0.4) is 0 Å². The second-order valence-electron chi connectivity index (χ2n) is 5.61. The first kappa shape index (κ1) is 17.2. The number of nitrogens with zero attached hydrogens (tertiary/aromatic N) is 4. The molecule has 0 unspecified atom stereocenters. The average molecular weight is 358 g/mol. The van der Waals surface area contributed by atoms with Crippen LogP contribution in [0.2, 0.25) is 0 Å². The molecule has 25 heavy (non-hydrogen) atoms. The van der Waals surface area contributed by atoms with Crippen molar-refractivity contribution in [1.82, 2.24) is 19.5 Å². The van der Waals surface area contributed by atoms with E-state index < -0.39 is 0 Å². The lowest BCUT2D eigenvalue weighted by Crippen LogP contribution is -2.31. The van der Waals surface area contributed by atoms with Gasteiger partial charge in [-0.3, -0.25) is 14.5 Å². The first-order chi connectivity index (χ1) is 12.0. The van der Waals surface area contributed by atoms with Crippen LogP contribution in [0.1, 0.15) is 16.3 Å². The fraction of sp³-hybridized carbons (Fsp3) is 0.294. The standard InChI is InChI=1S/C17H18N4O3S/c1-12-19-21-15(22)8-14(18-17(21)25-12)10-20(11-16(23)24-2)9-13-6-4-3-5-7-13/h3-8H,9-11H2,1-2H3. The number of methoxy groups -OCH3 is 1. The van der Waals surface area contributed by atoms with Crippen LogP contribution in [0.15, 0.2) is 41.2 Å². The molecule has 0 atom stereocenters. The lowest BCUT2D eigenvalue weighted by molar-refractivity contribution is -0.142. The maximum Gasteiger partial charge on any atom is 0.319 e. The zero-order valence-electron chi connectivity index (χ0n) is 14.0. The average Bonchev–Trinajstić information content (AvgIpc) is 2.96. The normalized spacial score (nSPS) is 11.2. The van der Waals surface area contributed by atoms with Gasteiger partial charge in [0.25, 0.3) is 5.56 Å². The second-order valence-corrected chi connectivity index (χ2v) is 6.77. The van der Waals surface area contributed by atoms with Crippen molar-refractivity contribution in [2.24, 2.45) is 0 Å². The molecule has 0 bridgehead atoms. The Bertz CT molecular complexity index is 936. The lowest BCUT2D eigenvalue weighted by Gasteiger charge is -2.20. The summed E-state index contributed by atoms with van der Waals surface area (Å²) in [7, 11) is 1.36. The van der Waals surface area contributed by atoms with Crippen molar-refractivity contribution >= 4 is 22.3 Å². The topological polar surface area (TPSA) is 76.8 Å². The minimum absolute atomic E-state index is 0.119. The summed E-state index contributed by atoms with van der Waals surface area (Å²) < 4.78 is 6.08. The Morgan fingerprint density at radius 2 is 2.04 bits per heavy atom. The summed E-state index contributed by atoms with van der Waals surface area (Å²) in [5, 5.41) is 4.91. The molecule has 0 amide bonds. The summed E-state index contributed by atoms with van der Waals surface area (Å²) in [6, 6.07) is 11.3. The number of esters is 1. The Morgan fingerprint density at radius 3 is 2.76 bits per heavy atom. The van der Waals surface area contributed by atoms with Crippen LogP contribution in [-0.2, 0) is 22.6 Å². The van der Waals surface area contributed by atoms with Gasteiger partial charge in [-0.25, -0.2) is 4.98 Å². The highest BCUT2D eigenvalue weighted by Crippen LogP contribution is 2.12. The number of aryl methyl sites for hydroxylation is 1. The number of carbonyl (C=O) groups excluding carboxylic acids is 1. The summed E-state index contributed by atoms with van der Waals surface area (Å²) in [6.07, 6.45) is 0. The molecular weight excluding hydrogens is 340 g/mol. The number of ether oxygens (including phenoxy) is 1. The van der Waals surface area contributed by atoms with Gasteiger partial charge in [0.05, 0.1) is 19.3 Å². The zero-order chi connectivity index (χ0) is 17.8.